The fourth-order valence-electron chi connectivity index (χ4n) is 4.06. The van der Waals surface area contributed by atoms with Gasteiger partial charge in [0.25, 0.3) is 0 Å². The molecule has 1 aliphatic heterocycles. The van der Waals surface area contributed by atoms with Gasteiger partial charge in [-0.1, -0.05) is 50.1 Å². The molecule has 0 bridgehead atoms. The third-order valence-electron chi connectivity index (χ3n) is 5.41. The van der Waals surface area contributed by atoms with Crippen LogP contribution in [0.5, 0.6) is 0 Å². The van der Waals surface area contributed by atoms with Crippen LogP contribution in [0, 0.1) is 11.8 Å². The summed E-state index contributed by atoms with van der Waals surface area (Å²) in [6.45, 7) is 2.91. The van der Waals surface area contributed by atoms with E-state index < -0.39 is 0 Å². The molecule has 3 nitrogen and oxygen atoms in total. The summed E-state index contributed by atoms with van der Waals surface area (Å²) in [5.74, 6) is 0.844. The van der Waals surface area contributed by atoms with Crippen LogP contribution in [0.25, 0.3) is 0 Å². The molecule has 1 amide bonds. The largest absolute Gasteiger partial charge is 0.339 e. The first-order chi connectivity index (χ1) is 10.2. The van der Waals surface area contributed by atoms with Crippen molar-refractivity contribution in [2.24, 2.45) is 17.6 Å². The van der Waals surface area contributed by atoms with Crippen LogP contribution in [0.1, 0.15) is 50.6 Å². The van der Waals surface area contributed by atoms with Crippen LogP contribution in [0.4, 0.5) is 0 Å². The molecule has 21 heavy (non-hydrogen) atoms. The number of nitrogens with zero attached hydrogens (tertiary/aromatic N) is 1. The van der Waals surface area contributed by atoms with Gasteiger partial charge in [0.05, 0.1) is 5.92 Å². The second-order valence-electron chi connectivity index (χ2n) is 6.66. The summed E-state index contributed by atoms with van der Waals surface area (Å²) in [7, 11) is 0. The summed E-state index contributed by atoms with van der Waals surface area (Å²) in [4.78, 5) is 15.0. The predicted octanol–water partition coefficient (Wildman–Crippen LogP) is 3.11. The Hall–Kier alpha value is -1.35. The standard InChI is InChI=1S/C18H26N2O/c1-13(17(19)15-8-3-2-4-9-15)18(21)20-12-11-14-7-5-6-10-16(14)20/h2-4,8-9,13-14,16-17H,5-7,10-12,19H2,1H3. The maximum Gasteiger partial charge on any atom is 0.227 e. The molecule has 1 aromatic rings. The van der Waals surface area contributed by atoms with E-state index in [1.54, 1.807) is 0 Å². The van der Waals surface area contributed by atoms with Gasteiger partial charge >= 0.3 is 0 Å². The number of amides is 1. The molecule has 3 rings (SSSR count). The van der Waals surface area contributed by atoms with Crippen LogP contribution in [-0.4, -0.2) is 23.4 Å². The van der Waals surface area contributed by atoms with E-state index in [1.807, 2.05) is 37.3 Å². The predicted molar refractivity (Wildman–Crippen MR) is 84.6 cm³/mol. The number of carbonyl (C=O) groups is 1. The number of benzene rings is 1. The Bertz CT molecular complexity index is 487. The fraction of sp³-hybridized carbons (Fsp3) is 0.611. The highest BCUT2D eigenvalue weighted by atomic mass is 16.2. The van der Waals surface area contributed by atoms with Gasteiger partial charge in [-0.05, 0) is 30.7 Å². The number of rotatable bonds is 3. The zero-order valence-corrected chi connectivity index (χ0v) is 12.9. The van der Waals surface area contributed by atoms with E-state index in [9.17, 15) is 4.79 Å². The molecule has 0 spiro atoms. The number of hydrogen-bond donors (Lipinski definition) is 1. The molecular weight excluding hydrogens is 260 g/mol. The van der Waals surface area contributed by atoms with Crippen molar-refractivity contribution in [1.82, 2.24) is 4.90 Å². The van der Waals surface area contributed by atoms with Gasteiger partial charge in [-0.2, -0.15) is 0 Å². The molecule has 3 heteroatoms. The van der Waals surface area contributed by atoms with Crippen LogP contribution in [0.3, 0.4) is 0 Å². The first-order valence-electron chi connectivity index (χ1n) is 8.29. The van der Waals surface area contributed by atoms with Gasteiger partial charge in [-0.3, -0.25) is 4.79 Å². The number of nitrogens with two attached hydrogens (primary N) is 1. The van der Waals surface area contributed by atoms with Gasteiger partial charge in [0.2, 0.25) is 5.91 Å². The molecule has 0 aromatic heterocycles. The molecule has 1 heterocycles. The van der Waals surface area contributed by atoms with Crippen molar-refractivity contribution in [3.63, 3.8) is 0 Å². The normalized spacial score (nSPS) is 28.0. The number of fused-ring (bicyclic) bond motifs is 1. The lowest BCUT2D eigenvalue weighted by molar-refractivity contribution is -0.137. The molecular formula is C18H26N2O. The van der Waals surface area contributed by atoms with Crippen LogP contribution in [-0.2, 0) is 4.79 Å². The fourth-order valence-corrected chi connectivity index (χ4v) is 4.06. The third-order valence-corrected chi connectivity index (χ3v) is 5.41. The van der Waals surface area contributed by atoms with Crippen LogP contribution < -0.4 is 5.73 Å². The molecule has 2 fully saturated rings. The van der Waals surface area contributed by atoms with Crippen LogP contribution >= 0.6 is 0 Å². The summed E-state index contributed by atoms with van der Waals surface area (Å²) < 4.78 is 0. The van der Waals surface area contributed by atoms with E-state index in [0.29, 0.717) is 6.04 Å². The lowest BCUT2D eigenvalue weighted by atomic mass is 9.84. The Labute approximate surface area is 127 Å². The maximum absolute atomic E-state index is 12.9. The Balaban J connectivity index is 1.70. The molecule has 4 unspecified atom stereocenters. The Morgan fingerprint density at radius 3 is 2.67 bits per heavy atom. The summed E-state index contributed by atoms with van der Waals surface area (Å²) in [5.41, 5.74) is 7.38. The molecule has 4 atom stereocenters. The molecule has 2 aliphatic rings. The molecule has 1 saturated heterocycles. The van der Waals surface area contributed by atoms with E-state index in [1.165, 1.54) is 32.1 Å². The Morgan fingerprint density at radius 1 is 1.19 bits per heavy atom. The maximum atomic E-state index is 12.9. The first-order valence-corrected chi connectivity index (χ1v) is 8.29. The van der Waals surface area contributed by atoms with E-state index in [-0.39, 0.29) is 17.9 Å². The summed E-state index contributed by atoms with van der Waals surface area (Å²) >= 11 is 0. The molecule has 0 radical (unpaired) electrons. The lowest BCUT2D eigenvalue weighted by Crippen LogP contribution is -2.44. The van der Waals surface area contributed by atoms with Crippen molar-refractivity contribution in [3.05, 3.63) is 35.9 Å². The Kier molecular flexibility index (Phi) is 4.29. The van der Waals surface area contributed by atoms with Gasteiger partial charge in [-0.25, -0.2) is 0 Å². The summed E-state index contributed by atoms with van der Waals surface area (Å²) in [6, 6.07) is 10.3. The average molecular weight is 286 g/mol. The van der Waals surface area contributed by atoms with Gasteiger partial charge < -0.3 is 10.6 Å². The van der Waals surface area contributed by atoms with Crippen molar-refractivity contribution in [2.75, 3.05) is 6.54 Å². The van der Waals surface area contributed by atoms with Crippen LogP contribution in [0.2, 0.25) is 0 Å². The van der Waals surface area contributed by atoms with Crippen molar-refractivity contribution in [3.8, 4) is 0 Å². The van der Waals surface area contributed by atoms with Crippen molar-refractivity contribution < 1.29 is 4.79 Å². The molecule has 1 saturated carbocycles. The summed E-state index contributed by atoms with van der Waals surface area (Å²) in [6.07, 6.45) is 6.27. The number of likely N-dealkylation sites (tertiary alicyclic amines) is 1. The van der Waals surface area contributed by atoms with E-state index in [0.717, 1.165) is 18.0 Å². The van der Waals surface area contributed by atoms with E-state index >= 15 is 0 Å². The second kappa shape index (κ2) is 6.18. The summed E-state index contributed by atoms with van der Waals surface area (Å²) in [5, 5.41) is 0. The van der Waals surface area contributed by atoms with Gasteiger partial charge in [0.15, 0.2) is 0 Å². The minimum absolute atomic E-state index is 0.145. The van der Waals surface area contributed by atoms with Crippen molar-refractivity contribution in [1.29, 1.82) is 0 Å². The Morgan fingerprint density at radius 2 is 1.90 bits per heavy atom. The van der Waals surface area contributed by atoms with Crippen molar-refractivity contribution in [2.45, 2.75) is 51.1 Å². The van der Waals surface area contributed by atoms with Crippen molar-refractivity contribution >= 4 is 5.91 Å². The van der Waals surface area contributed by atoms with Gasteiger partial charge in [0, 0.05) is 18.6 Å². The minimum Gasteiger partial charge on any atom is -0.339 e. The van der Waals surface area contributed by atoms with Crippen LogP contribution in [0.15, 0.2) is 30.3 Å². The lowest BCUT2D eigenvalue weighted by Gasteiger charge is -2.34. The molecule has 2 N–H and O–H groups in total. The second-order valence-corrected chi connectivity index (χ2v) is 6.66. The molecule has 1 aliphatic carbocycles. The van der Waals surface area contributed by atoms with Gasteiger partial charge in [0.1, 0.15) is 0 Å². The highest BCUT2D eigenvalue weighted by molar-refractivity contribution is 5.80. The van der Waals surface area contributed by atoms with E-state index in [4.69, 9.17) is 5.73 Å². The molecule has 114 valence electrons. The zero-order valence-electron chi connectivity index (χ0n) is 12.9. The first kappa shape index (κ1) is 14.6. The van der Waals surface area contributed by atoms with E-state index in [2.05, 4.69) is 4.90 Å². The quantitative estimate of drug-likeness (QED) is 0.928. The molecule has 1 aromatic carbocycles. The smallest absolute Gasteiger partial charge is 0.227 e. The average Bonchev–Trinajstić information content (AvgIpc) is 2.97. The SMILES string of the molecule is CC(C(=O)N1CCC2CCCCC21)C(N)c1ccccc1. The number of carbonyl (C=O) groups excluding carboxylic acids is 1. The minimum atomic E-state index is -0.207. The third kappa shape index (κ3) is 2.84. The zero-order chi connectivity index (χ0) is 14.8. The highest BCUT2D eigenvalue weighted by Crippen LogP contribution is 2.37. The highest BCUT2D eigenvalue weighted by Gasteiger charge is 2.40. The monoisotopic (exact) mass is 286 g/mol. The topological polar surface area (TPSA) is 46.3 Å². The number of hydrogen-bond acceptors (Lipinski definition) is 2. The van der Waals surface area contributed by atoms with Gasteiger partial charge in [-0.15, -0.1) is 0 Å².